The summed E-state index contributed by atoms with van der Waals surface area (Å²) in [5.74, 6) is 2.66. The monoisotopic (exact) mass is 333 g/mol. The molecule has 0 N–H and O–H groups in total. The molecule has 134 valence electrons. The predicted octanol–water partition coefficient (Wildman–Crippen LogP) is 3.49. The summed E-state index contributed by atoms with van der Waals surface area (Å²) in [4.78, 5) is 2.41. The van der Waals surface area contributed by atoms with E-state index in [1.807, 2.05) is 0 Å². The van der Waals surface area contributed by atoms with Gasteiger partial charge in [-0.25, -0.2) is 0 Å². The Kier molecular flexibility index (Phi) is 4.48. The Hall–Kier alpha value is -0.840. The van der Waals surface area contributed by atoms with Gasteiger partial charge < -0.3 is 14.2 Å². The van der Waals surface area contributed by atoms with Gasteiger partial charge in [0, 0.05) is 6.42 Å². The lowest BCUT2D eigenvalue weighted by Crippen LogP contribution is -2.44. The topological polar surface area (TPSA) is 30.9 Å². The molecule has 3 fully saturated rings. The molecule has 4 nitrogen and oxygen atoms in total. The lowest BCUT2D eigenvalue weighted by atomic mass is 9.82. The minimum absolute atomic E-state index is 0.0150. The Labute approximate surface area is 145 Å². The van der Waals surface area contributed by atoms with Crippen molar-refractivity contribution in [3.63, 3.8) is 0 Å². The number of allylic oxidation sites excluding steroid dienone is 1. The molecule has 3 aliphatic carbocycles. The summed E-state index contributed by atoms with van der Waals surface area (Å²) in [6.45, 7) is 4.31. The molecule has 0 aromatic heterocycles. The van der Waals surface area contributed by atoms with Crippen LogP contribution in [0.1, 0.15) is 45.4 Å². The summed E-state index contributed by atoms with van der Waals surface area (Å²) >= 11 is 0. The zero-order valence-electron chi connectivity index (χ0n) is 15.3. The number of rotatable bonds is 8. The maximum Gasteiger partial charge on any atom is 0.157 e. The van der Waals surface area contributed by atoms with Gasteiger partial charge in [0.15, 0.2) is 6.29 Å². The van der Waals surface area contributed by atoms with Gasteiger partial charge in [0.05, 0.1) is 25.4 Å². The molecule has 0 bridgehead atoms. The molecule has 0 spiro atoms. The summed E-state index contributed by atoms with van der Waals surface area (Å²) in [6, 6.07) is 0. The van der Waals surface area contributed by atoms with Crippen LogP contribution >= 0.6 is 0 Å². The molecule has 1 aliphatic heterocycles. The second kappa shape index (κ2) is 6.47. The van der Waals surface area contributed by atoms with Gasteiger partial charge in [-0.1, -0.05) is 0 Å². The molecule has 4 heteroatoms. The fourth-order valence-corrected chi connectivity index (χ4v) is 4.46. The molecule has 0 aromatic carbocycles. The third-order valence-electron chi connectivity index (χ3n) is 5.91. The van der Waals surface area contributed by atoms with Crippen LogP contribution in [0.2, 0.25) is 0 Å². The summed E-state index contributed by atoms with van der Waals surface area (Å²) in [5.41, 5.74) is 3.21. The minimum atomic E-state index is -0.0313. The second-order valence-corrected chi connectivity index (χ2v) is 7.85. The fraction of sp³-hybridized carbons (Fsp3) is 0.800. The van der Waals surface area contributed by atoms with E-state index in [4.69, 9.17) is 14.2 Å². The predicted molar refractivity (Wildman–Crippen MR) is 93.5 cm³/mol. The highest BCUT2D eigenvalue weighted by Gasteiger charge is 2.51. The molecule has 2 saturated carbocycles. The average Bonchev–Trinajstić information content (AvgIpc) is 3.48. The first-order chi connectivity index (χ1) is 11.7. The molecule has 0 radical (unpaired) electrons. The van der Waals surface area contributed by atoms with Crippen LogP contribution < -0.4 is 0 Å². The van der Waals surface area contributed by atoms with Gasteiger partial charge in [-0.05, 0) is 82.2 Å². The first kappa shape index (κ1) is 16.6. The van der Waals surface area contributed by atoms with E-state index >= 15 is 0 Å². The smallest absolute Gasteiger partial charge is 0.157 e. The first-order valence-electron chi connectivity index (χ1n) is 9.67. The fourth-order valence-electron chi connectivity index (χ4n) is 4.46. The Balaban J connectivity index is 1.67. The number of hydrogen-bond donors (Lipinski definition) is 0. The second-order valence-electron chi connectivity index (χ2n) is 7.85. The highest BCUT2D eigenvalue weighted by molar-refractivity contribution is 5.54. The Morgan fingerprint density at radius 2 is 1.79 bits per heavy atom. The van der Waals surface area contributed by atoms with E-state index in [9.17, 15) is 0 Å². The Morgan fingerprint density at radius 3 is 2.33 bits per heavy atom. The van der Waals surface area contributed by atoms with Gasteiger partial charge in [0.25, 0.3) is 0 Å². The maximum absolute atomic E-state index is 6.12. The Bertz CT molecular complexity index is 539. The molecule has 1 unspecified atom stereocenters. The van der Waals surface area contributed by atoms with Crippen molar-refractivity contribution in [1.29, 1.82) is 0 Å². The highest BCUT2D eigenvalue weighted by atomic mass is 16.7. The molecule has 4 rings (SSSR count). The van der Waals surface area contributed by atoms with E-state index in [1.165, 1.54) is 31.4 Å². The van der Waals surface area contributed by atoms with Gasteiger partial charge in [-0.2, -0.15) is 0 Å². The summed E-state index contributed by atoms with van der Waals surface area (Å²) in [7, 11) is 4.43. The van der Waals surface area contributed by atoms with Crippen LogP contribution in [-0.4, -0.2) is 50.6 Å². The van der Waals surface area contributed by atoms with Crippen LogP contribution in [0.3, 0.4) is 0 Å². The largest absolute Gasteiger partial charge is 0.494 e. The molecular weight excluding hydrogens is 302 g/mol. The molecule has 24 heavy (non-hydrogen) atoms. The Morgan fingerprint density at radius 1 is 1.12 bits per heavy atom. The molecule has 0 aromatic rings. The van der Waals surface area contributed by atoms with Crippen LogP contribution in [0.15, 0.2) is 23.0 Å². The summed E-state index contributed by atoms with van der Waals surface area (Å²) in [5, 5.41) is 0. The number of hydrogen-bond acceptors (Lipinski definition) is 4. The highest BCUT2D eigenvalue weighted by Crippen LogP contribution is 2.57. The average molecular weight is 333 g/mol. The van der Waals surface area contributed by atoms with Crippen molar-refractivity contribution in [2.24, 2.45) is 11.8 Å². The van der Waals surface area contributed by atoms with Crippen molar-refractivity contribution in [3.8, 4) is 0 Å². The first-order valence-corrected chi connectivity index (χ1v) is 9.67. The SMILES string of the molecule is CCOC1=CC(CCC2OCCO2)(N(C)C)C(C2CC2)=C1C1CC1. The van der Waals surface area contributed by atoms with Crippen molar-refractivity contribution >= 4 is 0 Å². The number of nitrogens with zero attached hydrogens (tertiary/aromatic N) is 1. The third-order valence-corrected chi connectivity index (χ3v) is 5.91. The number of ether oxygens (including phenoxy) is 3. The van der Waals surface area contributed by atoms with E-state index in [0.29, 0.717) is 0 Å². The van der Waals surface area contributed by atoms with Crippen LogP contribution in [0.5, 0.6) is 0 Å². The zero-order chi connectivity index (χ0) is 16.7. The van der Waals surface area contributed by atoms with Crippen LogP contribution in [-0.2, 0) is 14.2 Å². The lowest BCUT2D eigenvalue weighted by molar-refractivity contribution is -0.0525. The van der Waals surface area contributed by atoms with Crippen LogP contribution in [0.4, 0.5) is 0 Å². The van der Waals surface area contributed by atoms with Gasteiger partial charge in [-0.3, -0.25) is 4.90 Å². The standard InChI is InChI=1S/C20H31NO3/c1-4-22-16-13-20(21(2)3,10-9-17-23-11-12-24-17)19(15-7-8-15)18(16)14-5-6-14/h13-15,17H,4-12H2,1-3H3. The van der Waals surface area contributed by atoms with Gasteiger partial charge in [-0.15, -0.1) is 0 Å². The van der Waals surface area contributed by atoms with E-state index in [-0.39, 0.29) is 11.8 Å². The maximum atomic E-state index is 6.12. The lowest BCUT2D eigenvalue weighted by Gasteiger charge is -2.39. The summed E-state index contributed by atoms with van der Waals surface area (Å²) in [6.07, 6.45) is 9.72. The molecule has 1 heterocycles. The van der Waals surface area contributed by atoms with E-state index < -0.39 is 0 Å². The van der Waals surface area contributed by atoms with Crippen molar-refractivity contribution in [2.45, 2.75) is 57.3 Å². The van der Waals surface area contributed by atoms with Crippen molar-refractivity contribution < 1.29 is 14.2 Å². The van der Waals surface area contributed by atoms with E-state index in [1.54, 1.807) is 11.1 Å². The molecule has 0 amide bonds. The molecule has 4 aliphatic rings. The molecule has 1 atom stereocenters. The van der Waals surface area contributed by atoms with Gasteiger partial charge >= 0.3 is 0 Å². The van der Waals surface area contributed by atoms with Crippen LogP contribution in [0.25, 0.3) is 0 Å². The third kappa shape index (κ3) is 2.93. The van der Waals surface area contributed by atoms with E-state index in [0.717, 1.165) is 44.5 Å². The van der Waals surface area contributed by atoms with Crippen molar-refractivity contribution in [2.75, 3.05) is 33.9 Å². The molecular formula is C20H31NO3. The van der Waals surface area contributed by atoms with Gasteiger partial charge in [0.2, 0.25) is 0 Å². The van der Waals surface area contributed by atoms with Crippen molar-refractivity contribution in [3.05, 3.63) is 23.0 Å². The minimum Gasteiger partial charge on any atom is -0.494 e. The van der Waals surface area contributed by atoms with Crippen LogP contribution in [0, 0.1) is 11.8 Å². The molecule has 1 saturated heterocycles. The normalized spacial score (nSPS) is 31.2. The summed E-state index contributed by atoms with van der Waals surface area (Å²) < 4.78 is 17.5. The van der Waals surface area contributed by atoms with E-state index in [2.05, 4.69) is 32.0 Å². The van der Waals surface area contributed by atoms with Crippen molar-refractivity contribution in [1.82, 2.24) is 4.90 Å². The number of likely N-dealkylation sites (N-methyl/N-ethyl adjacent to an activating group) is 1. The van der Waals surface area contributed by atoms with Gasteiger partial charge in [0.1, 0.15) is 5.76 Å². The zero-order valence-corrected chi connectivity index (χ0v) is 15.3. The quantitative estimate of drug-likeness (QED) is 0.680.